The third kappa shape index (κ3) is 3.33. The van der Waals surface area contributed by atoms with Crippen molar-refractivity contribution in [2.75, 3.05) is 6.61 Å². The zero-order valence-corrected chi connectivity index (χ0v) is 13.8. The molecule has 24 heavy (non-hydrogen) atoms. The Balaban J connectivity index is 1.81. The van der Waals surface area contributed by atoms with Crippen molar-refractivity contribution in [1.29, 1.82) is 0 Å². The Morgan fingerprint density at radius 3 is 2.79 bits per heavy atom. The summed E-state index contributed by atoms with van der Waals surface area (Å²) in [5, 5.41) is 22.0. The minimum absolute atomic E-state index is 0.539. The number of aromatic amines is 1. The first kappa shape index (κ1) is 17.4. The molecule has 132 valence electrons. The predicted octanol–water partition coefficient (Wildman–Crippen LogP) is -1.77. The molecular formula is C14H19N2O7P. The zero-order chi connectivity index (χ0) is 17.6. The van der Waals surface area contributed by atoms with E-state index < -0.39 is 39.0 Å². The van der Waals surface area contributed by atoms with Gasteiger partial charge in [-0.2, -0.15) is 0 Å². The topological polar surface area (TPSA) is 135 Å². The number of fused-ring (bicyclic) bond motifs is 1. The number of aliphatic hydroxyl groups excluding tert-OH is 2. The second kappa shape index (κ2) is 6.12. The smallest absolute Gasteiger partial charge is 0.387 e. The van der Waals surface area contributed by atoms with Crippen LogP contribution in [-0.2, 0) is 13.8 Å². The molecule has 0 aliphatic carbocycles. The fourth-order valence-electron chi connectivity index (χ4n) is 2.84. The lowest BCUT2D eigenvalue weighted by molar-refractivity contribution is -0.0612. The molecule has 1 fully saturated rings. The van der Waals surface area contributed by atoms with Gasteiger partial charge in [0.25, 0.3) is 0 Å². The van der Waals surface area contributed by atoms with Crippen molar-refractivity contribution in [2.45, 2.75) is 31.5 Å². The summed E-state index contributed by atoms with van der Waals surface area (Å²) in [7, 11) is -4.69. The Kier molecular flexibility index (Phi) is 4.43. The van der Waals surface area contributed by atoms with Gasteiger partial charge >= 0.3 is 7.82 Å². The molecule has 5 N–H and O–H groups in total. The van der Waals surface area contributed by atoms with Gasteiger partial charge in [0.05, 0.1) is 6.61 Å². The fraction of sp³-hybridized carbons (Fsp3) is 0.429. The number of aromatic nitrogens is 1. The van der Waals surface area contributed by atoms with E-state index in [1.165, 1.54) is 0 Å². The first-order valence-corrected chi connectivity index (χ1v) is 8.77. The summed E-state index contributed by atoms with van der Waals surface area (Å²) in [4.78, 5) is 22.2. The summed E-state index contributed by atoms with van der Waals surface area (Å²) in [6, 6.07) is 1.91. The van der Waals surface area contributed by atoms with Crippen molar-refractivity contribution in [3.05, 3.63) is 34.6 Å². The van der Waals surface area contributed by atoms with Crippen molar-refractivity contribution in [1.82, 2.24) is 9.88 Å². The summed E-state index contributed by atoms with van der Waals surface area (Å²) >= 11 is 0. The summed E-state index contributed by atoms with van der Waals surface area (Å²) in [6.07, 6.45) is -1.15. The number of H-pyrrole nitrogens is 1. The third-order valence-corrected chi connectivity index (χ3v) is 4.44. The molecule has 1 saturated heterocycles. The second-order valence-electron chi connectivity index (χ2n) is 5.83. The van der Waals surface area contributed by atoms with E-state index in [4.69, 9.17) is 14.5 Å². The third-order valence-electron chi connectivity index (χ3n) is 3.95. The molecule has 2 aliphatic rings. The molecule has 3 heterocycles. The first-order chi connectivity index (χ1) is 11.2. The quantitative estimate of drug-likeness (QED) is 0.399. The maximum absolute atomic E-state index is 10.8. The maximum atomic E-state index is 10.8. The van der Waals surface area contributed by atoms with Crippen LogP contribution >= 0.6 is 7.82 Å². The van der Waals surface area contributed by atoms with Gasteiger partial charge in [-0.15, -0.1) is 0 Å². The molecule has 0 saturated carbocycles. The summed E-state index contributed by atoms with van der Waals surface area (Å²) in [5.41, 5.74) is 1.50. The van der Waals surface area contributed by atoms with Crippen LogP contribution in [0.25, 0.3) is 12.3 Å². The van der Waals surface area contributed by atoms with Crippen LogP contribution in [0.5, 0.6) is 0 Å². The van der Waals surface area contributed by atoms with Gasteiger partial charge in [0.15, 0.2) is 6.23 Å². The number of nitrogens with zero attached hydrogens (tertiary/aromatic N) is 1. The van der Waals surface area contributed by atoms with Crippen LogP contribution in [0.2, 0.25) is 0 Å². The van der Waals surface area contributed by atoms with E-state index in [1.54, 1.807) is 17.2 Å². The van der Waals surface area contributed by atoms with E-state index in [9.17, 15) is 14.8 Å². The number of rotatable bonds is 4. The Hall–Kier alpha value is -1.45. The number of aliphatic hydroxyl groups is 2. The Morgan fingerprint density at radius 1 is 1.42 bits per heavy atom. The molecule has 10 heteroatoms. The average molecular weight is 358 g/mol. The minimum atomic E-state index is -4.69. The largest absolute Gasteiger partial charge is 0.469 e. The van der Waals surface area contributed by atoms with Crippen LogP contribution in [0.4, 0.5) is 0 Å². The molecule has 3 rings (SSSR count). The van der Waals surface area contributed by atoms with Gasteiger partial charge < -0.3 is 34.6 Å². The predicted molar refractivity (Wildman–Crippen MR) is 83.4 cm³/mol. The Bertz CT molecular complexity index is 814. The highest BCUT2D eigenvalue weighted by Gasteiger charge is 2.46. The normalized spacial score (nSPS) is 30.0. The van der Waals surface area contributed by atoms with E-state index in [0.717, 1.165) is 16.3 Å². The van der Waals surface area contributed by atoms with Gasteiger partial charge in [0.2, 0.25) is 0 Å². The number of phosphoric ester groups is 1. The molecule has 2 aliphatic heterocycles. The molecule has 1 aromatic heterocycles. The number of hydrogen-bond acceptors (Lipinski definition) is 6. The monoisotopic (exact) mass is 358 g/mol. The van der Waals surface area contributed by atoms with E-state index in [2.05, 4.69) is 16.1 Å². The lowest BCUT2D eigenvalue weighted by Gasteiger charge is -2.30. The zero-order valence-electron chi connectivity index (χ0n) is 12.9. The van der Waals surface area contributed by atoms with Crippen molar-refractivity contribution in [3.63, 3.8) is 0 Å². The van der Waals surface area contributed by atoms with E-state index >= 15 is 0 Å². The Labute approximate surface area is 137 Å². The van der Waals surface area contributed by atoms with Gasteiger partial charge in [-0.25, -0.2) is 4.57 Å². The van der Waals surface area contributed by atoms with Gasteiger partial charge in [-0.3, -0.25) is 4.52 Å². The number of nitrogens with one attached hydrogen (secondary N) is 1. The standard InChI is InChI=1S/C14H19N2O7P/c1-7-3-9-5-16(8(2)4-10(9)15-7)14-13(18)12(17)11(23-14)6-22-24(19,20)21/h3-5,11-15,17-18H,2,6H2,1H3,(H2,19,20,21)/t11-,12-,13-,14-/m1/s1. The summed E-state index contributed by atoms with van der Waals surface area (Å²) in [6.45, 7) is 5.27. The van der Waals surface area contributed by atoms with Crippen LogP contribution in [0.3, 0.4) is 0 Å². The SMILES string of the molecule is C=C1C=c2[nH]c(C)cc2=CN1[C@@H]1O[C@H](COP(=O)(O)O)[C@@H](O)[C@H]1O. The number of aryl methyl sites for hydroxylation is 1. The molecule has 1 aromatic rings. The summed E-state index contributed by atoms with van der Waals surface area (Å²) < 4.78 is 20.7. The molecular weight excluding hydrogens is 339 g/mol. The first-order valence-electron chi connectivity index (χ1n) is 7.24. The minimum Gasteiger partial charge on any atom is -0.387 e. The van der Waals surface area contributed by atoms with Crippen molar-refractivity contribution >= 4 is 20.1 Å². The van der Waals surface area contributed by atoms with E-state index in [-0.39, 0.29) is 0 Å². The highest BCUT2D eigenvalue weighted by atomic mass is 31.2. The van der Waals surface area contributed by atoms with Crippen molar-refractivity contribution in [2.24, 2.45) is 0 Å². The second-order valence-corrected chi connectivity index (χ2v) is 7.07. The highest BCUT2D eigenvalue weighted by Crippen LogP contribution is 2.37. The number of hydrogen-bond donors (Lipinski definition) is 5. The van der Waals surface area contributed by atoms with E-state index in [1.807, 2.05) is 13.0 Å². The van der Waals surface area contributed by atoms with Crippen molar-refractivity contribution in [3.8, 4) is 0 Å². The Morgan fingerprint density at radius 2 is 2.12 bits per heavy atom. The number of allylic oxidation sites excluding steroid dienone is 1. The molecule has 0 amide bonds. The van der Waals surface area contributed by atoms with Gasteiger partial charge in [0, 0.05) is 28.2 Å². The molecule has 0 radical (unpaired) electrons. The molecule has 0 bridgehead atoms. The van der Waals surface area contributed by atoms with Gasteiger partial charge in [0.1, 0.15) is 18.3 Å². The molecule has 0 unspecified atom stereocenters. The van der Waals surface area contributed by atoms with Crippen LogP contribution in [0.15, 0.2) is 18.3 Å². The van der Waals surface area contributed by atoms with Crippen LogP contribution in [0.1, 0.15) is 5.69 Å². The lowest BCUT2D eigenvalue weighted by atomic mass is 10.1. The molecule has 0 aromatic carbocycles. The highest BCUT2D eigenvalue weighted by molar-refractivity contribution is 7.46. The van der Waals surface area contributed by atoms with Crippen molar-refractivity contribution < 1.29 is 33.8 Å². The average Bonchev–Trinajstić information content (AvgIpc) is 2.96. The number of ether oxygens (including phenoxy) is 1. The fourth-order valence-corrected chi connectivity index (χ4v) is 3.18. The number of phosphoric acid groups is 1. The lowest BCUT2D eigenvalue weighted by Crippen LogP contribution is -2.44. The van der Waals surface area contributed by atoms with E-state index in [0.29, 0.717) is 5.70 Å². The van der Waals surface area contributed by atoms with Crippen LogP contribution in [0, 0.1) is 6.92 Å². The maximum Gasteiger partial charge on any atom is 0.469 e. The van der Waals surface area contributed by atoms with Crippen LogP contribution in [-0.4, -0.2) is 61.0 Å². The molecule has 4 atom stereocenters. The molecule has 0 spiro atoms. The molecule has 9 nitrogen and oxygen atoms in total. The summed E-state index contributed by atoms with van der Waals surface area (Å²) in [5.74, 6) is 0. The van der Waals surface area contributed by atoms with Gasteiger partial charge in [-0.05, 0) is 19.1 Å². The van der Waals surface area contributed by atoms with Crippen LogP contribution < -0.4 is 10.6 Å². The van der Waals surface area contributed by atoms with Gasteiger partial charge in [-0.1, -0.05) is 6.58 Å².